The summed E-state index contributed by atoms with van der Waals surface area (Å²) in [4.78, 5) is 15.2. The van der Waals surface area contributed by atoms with Gasteiger partial charge in [-0.25, -0.2) is 4.79 Å². The Labute approximate surface area is 120 Å². The summed E-state index contributed by atoms with van der Waals surface area (Å²) >= 11 is 5.94. The van der Waals surface area contributed by atoms with Crippen LogP contribution in [0.25, 0.3) is 0 Å². The third-order valence-electron chi connectivity index (χ3n) is 2.52. The van der Waals surface area contributed by atoms with Gasteiger partial charge in [0.1, 0.15) is 5.56 Å². The zero-order chi connectivity index (χ0) is 14.7. The fourth-order valence-electron chi connectivity index (χ4n) is 1.52. The van der Waals surface area contributed by atoms with Gasteiger partial charge in [-0.05, 0) is 12.1 Å². The van der Waals surface area contributed by atoms with Gasteiger partial charge in [0, 0.05) is 5.92 Å². The summed E-state index contributed by atoms with van der Waals surface area (Å²) in [6.07, 6.45) is 0. The van der Waals surface area contributed by atoms with E-state index in [1.54, 1.807) is 12.1 Å². The average Bonchev–Trinajstić information content (AvgIpc) is 2.86. The number of carboxylic acids is 1. The van der Waals surface area contributed by atoms with Gasteiger partial charge in [-0.1, -0.05) is 36.7 Å². The summed E-state index contributed by atoms with van der Waals surface area (Å²) in [5.74, 6) is -0.0617. The molecule has 0 saturated heterocycles. The molecule has 1 aromatic heterocycles. The van der Waals surface area contributed by atoms with Crippen LogP contribution in [0, 0.1) is 0 Å². The van der Waals surface area contributed by atoms with Crippen LogP contribution in [0.1, 0.15) is 41.8 Å². The van der Waals surface area contributed by atoms with E-state index in [-0.39, 0.29) is 28.9 Å². The predicted molar refractivity (Wildman–Crippen MR) is 71.1 cm³/mol. The minimum atomic E-state index is -1.11. The van der Waals surface area contributed by atoms with Crippen molar-refractivity contribution in [3.05, 3.63) is 40.5 Å². The second kappa shape index (κ2) is 5.92. The Morgan fingerprint density at radius 2 is 2.25 bits per heavy atom. The molecular formula is C13H13ClN2O4. The van der Waals surface area contributed by atoms with Crippen LogP contribution in [-0.4, -0.2) is 21.2 Å². The molecule has 0 aliphatic heterocycles. The molecule has 1 aromatic carbocycles. The number of benzene rings is 1. The molecule has 0 aliphatic rings. The van der Waals surface area contributed by atoms with Crippen molar-refractivity contribution < 1.29 is 19.2 Å². The third kappa shape index (κ3) is 3.08. The first-order chi connectivity index (χ1) is 9.49. The molecule has 0 atom stereocenters. The molecule has 0 aliphatic carbocycles. The molecule has 2 aromatic rings. The summed E-state index contributed by atoms with van der Waals surface area (Å²) in [5.41, 5.74) is -0.00919. The van der Waals surface area contributed by atoms with E-state index in [0.717, 1.165) is 0 Å². The molecule has 0 amide bonds. The van der Waals surface area contributed by atoms with Gasteiger partial charge in [-0.3, -0.25) is 0 Å². The molecule has 0 saturated carbocycles. The van der Waals surface area contributed by atoms with Crippen molar-refractivity contribution in [1.29, 1.82) is 0 Å². The van der Waals surface area contributed by atoms with Gasteiger partial charge in [0.2, 0.25) is 11.7 Å². The number of carbonyl (C=O) groups is 1. The van der Waals surface area contributed by atoms with Crippen molar-refractivity contribution in [3.63, 3.8) is 0 Å². The maximum absolute atomic E-state index is 11.1. The van der Waals surface area contributed by atoms with E-state index in [2.05, 4.69) is 10.1 Å². The standard InChI is InChI=1S/C13H13ClN2O4/c1-7(2)12-15-10(16-20-12)6-19-11-8(13(17)18)4-3-5-9(11)14/h3-5,7H,6H2,1-2H3,(H,17,18). The maximum atomic E-state index is 11.1. The van der Waals surface area contributed by atoms with Gasteiger partial charge in [0.15, 0.2) is 12.4 Å². The van der Waals surface area contributed by atoms with Crippen LogP contribution in [0.2, 0.25) is 5.02 Å². The highest BCUT2D eigenvalue weighted by atomic mass is 35.5. The lowest BCUT2D eigenvalue weighted by Gasteiger charge is -2.08. The highest BCUT2D eigenvalue weighted by Crippen LogP contribution is 2.29. The number of halogens is 1. The first-order valence-corrected chi connectivity index (χ1v) is 6.34. The fourth-order valence-corrected chi connectivity index (χ4v) is 1.75. The summed E-state index contributed by atoms with van der Waals surface area (Å²) in [5, 5.41) is 13.1. The Morgan fingerprint density at radius 3 is 2.85 bits per heavy atom. The summed E-state index contributed by atoms with van der Waals surface area (Å²) < 4.78 is 10.4. The second-order valence-corrected chi connectivity index (χ2v) is 4.82. The van der Waals surface area contributed by atoms with E-state index in [4.69, 9.17) is 26.0 Å². The van der Waals surface area contributed by atoms with Crippen LogP contribution in [0.15, 0.2) is 22.7 Å². The molecule has 0 unspecified atom stereocenters. The molecule has 7 heteroatoms. The van der Waals surface area contributed by atoms with Crippen LogP contribution in [0.3, 0.4) is 0 Å². The van der Waals surface area contributed by atoms with E-state index < -0.39 is 5.97 Å². The number of para-hydroxylation sites is 1. The van der Waals surface area contributed by atoms with Crippen molar-refractivity contribution in [2.24, 2.45) is 0 Å². The molecular weight excluding hydrogens is 284 g/mol. The Morgan fingerprint density at radius 1 is 1.50 bits per heavy atom. The van der Waals surface area contributed by atoms with Gasteiger partial charge in [-0.2, -0.15) is 4.98 Å². The maximum Gasteiger partial charge on any atom is 0.339 e. The van der Waals surface area contributed by atoms with Crippen LogP contribution in [0.5, 0.6) is 5.75 Å². The lowest BCUT2D eigenvalue weighted by atomic mass is 10.2. The van der Waals surface area contributed by atoms with Crippen LogP contribution >= 0.6 is 11.6 Å². The number of rotatable bonds is 5. The number of ether oxygens (including phenoxy) is 1. The molecule has 1 heterocycles. The minimum Gasteiger partial charge on any atom is -0.483 e. The minimum absolute atomic E-state index is 0.00919. The summed E-state index contributed by atoms with van der Waals surface area (Å²) in [7, 11) is 0. The molecule has 2 rings (SSSR count). The van der Waals surface area contributed by atoms with Crippen molar-refractivity contribution in [1.82, 2.24) is 10.1 Å². The first-order valence-electron chi connectivity index (χ1n) is 5.96. The normalized spacial score (nSPS) is 10.8. The van der Waals surface area contributed by atoms with E-state index in [1.165, 1.54) is 6.07 Å². The van der Waals surface area contributed by atoms with Crippen molar-refractivity contribution in [3.8, 4) is 5.75 Å². The average molecular weight is 297 g/mol. The number of aromatic nitrogens is 2. The SMILES string of the molecule is CC(C)c1nc(COc2c(Cl)cccc2C(=O)O)no1. The smallest absolute Gasteiger partial charge is 0.339 e. The lowest BCUT2D eigenvalue weighted by Crippen LogP contribution is -2.05. The third-order valence-corrected chi connectivity index (χ3v) is 2.82. The zero-order valence-electron chi connectivity index (χ0n) is 11.0. The monoisotopic (exact) mass is 296 g/mol. The molecule has 106 valence electrons. The van der Waals surface area contributed by atoms with Crippen molar-refractivity contribution in [2.45, 2.75) is 26.4 Å². The number of aromatic carboxylic acids is 1. The summed E-state index contributed by atoms with van der Waals surface area (Å²) in [6, 6.07) is 4.52. The molecule has 0 fully saturated rings. The van der Waals surface area contributed by atoms with E-state index in [1.807, 2.05) is 13.8 Å². The van der Waals surface area contributed by atoms with Gasteiger partial charge in [-0.15, -0.1) is 0 Å². The van der Waals surface area contributed by atoms with Gasteiger partial charge < -0.3 is 14.4 Å². The van der Waals surface area contributed by atoms with Gasteiger partial charge >= 0.3 is 5.97 Å². The Balaban J connectivity index is 2.16. The quantitative estimate of drug-likeness (QED) is 0.912. The Bertz CT molecular complexity index is 625. The first kappa shape index (κ1) is 14.3. The van der Waals surface area contributed by atoms with Crippen molar-refractivity contribution >= 4 is 17.6 Å². The van der Waals surface area contributed by atoms with E-state index in [9.17, 15) is 4.79 Å². The van der Waals surface area contributed by atoms with E-state index in [0.29, 0.717) is 11.7 Å². The topological polar surface area (TPSA) is 85.5 Å². The Kier molecular flexibility index (Phi) is 4.24. The number of hydrogen-bond donors (Lipinski definition) is 1. The second-order valence-electron chi connectivity index (χ2n) is 4.41. The molecule has 0 spiro atoms. The number of carboxylic acid groups (broad SMARTS) is 1. The largest absolute Gasteiger partial charge is 0.483 e. The Hall–Kier alpha value is -2.08. The summed E-state index contributed by atoms with van der Waals surface area (Å²) in [6.45, 7) is 3.84. The lowest BCUT2D eigenvalue weighted by molar-refractivity contribution is 0.0691. The van der Waals surface area contributed by atoms with Gasteiger partial charge in [0.05, 0.1) is 5.02 Å². The van der Waals surface area contributed by atoms with Crippen LogP contribution in [0.4, 0.5) is 0 Å². The number of nitrogens with zero attached hydrogens (tertiary/aromatic N) is 2. The zero-order valence-corrected chi connectivity index (χ0v) is 11.7. The molecule has 1 N–H and O–H groups in total. The highest BCUT2D eigenvalue weighted by Gasteiger charge is 2.16. The van der Waals surface area contributed by atoms with Crippen molar-refractivity contribution in [2.75, 3.05) is 0 Å². The fraction of sp³-hybridized carbons (Fsp3) is 0.308. The van der Waals surface area contributed by atoms with Crippen LogP contribution in [-0.2, 0) is 6.61 Å². The van der Waals surface area contributed by atoms with Crippen LogP contribution < -0.4 is 4.74 Å². The molecule has 6 nitrogen and oxygen atoms in total. The van der Waals surface area contributed by atoms with Gasteiger partial charge in [0.25, 0.3) is 0 Å². The molecule has 20 heavy (non-hydrogen) atoms. The molecule has 0 bridgehead atoms. The molecule has 0 radical (unpaired) electrons. The highest BCUT2D eigenvalue weighted by molar-refractivity contribution is 6.32. The number of hydrogen-bond acceptors (Lipinski definition) is 5. The predicted octanol–water partition coefficient (Wildman–Crippen LogP) is 3.12. The van der Waals surface area contributed by atoms with E-state index >= 15 is 0 Å².